The quantitative estimate of drug-likeness (QED) is 0.132. The van der Waals surface area contributed by atoms with Crippen LogP contribution in [0.5, 0.6) is 0 Å². The number of non-ortho nitro benzene ring substituents is 1. The fraction of sp³-hybridized carbons (Fsp3) is 0.194. The van der Waals surface area contributed by atoms with Crippen LogP contribution in [-0.2, 0) is 14.6 Å². The van der Waals surface area contributed by atoms with E-state index >= 15 is 0 Å². The number of hydrogen-bond donors (Lipinski definition) is 1. The lowest BCUT2D eigenvalue weighted by Gasteiger charge is -2.26. The van der Waals surface area contributed by atoms with Crippen molar-refractivity contribution in [1.29, 1.82) is 0 Å². The lowest BCUT2D eigenvalue weighted by Crippen LogP contribution is -2.20. The van der Waals surface area contributed by atoms with Crippen LogP contribution < -0.4 is 5.32 Å². The summed E-state index contributed by atoms with van der Waals surface area (Å²) in [6.07, 6.45) is 7.29. The van der Waals surface area contributed by atoms with Crippen molar-refractivity contribution in [2.45, 2.75) is 47.9 Å². The van der Waals surface area contributed by atoms with Crippen molar-refractivity contribution in [3.8, 4) is 0 Å². The molecule has 0 aliphatic heterocycles. The summed E-state index contributed by atoms with van der Waals surface area (Å²) in [6, 6.07) is 21.1. The number of nitro benzene ring substituents is 1. The SMILES string of the molecule is O=C(C=Cc1cccc([N+](=O)[O-])c1)Nc1c(S(=O)(=O)c2ccccc2)c2nc3ccccc3nc2n1C1CCCCC1. The Morgan fingerprint density at radius 1 is 0.929 bits per heavy atom. The van der Waals surface area contributed by atoms with Crippen LogP contribution in [0.2, 0.25) is 0 Å². The van der Waals surface area contributed by atoms with Gasteiger partial charge in [-0.1, -0.05) is 61.7 Å². The third kappa shape index (κ3) is 5.14. The number of nitrogens with one attached hydrogen (secondary N) is 1. The first kappa shape index (κ1) is 27.3. The second-order valence-electron chi connectivity index (χ2n) is 10.2. The highest BCUT2D eigenvalue weighted by Crippen LogP contribution is 2.42. The minimum absolute atomic E-state index is 0.0743. The van der Waals surface area contributed by atoms with Gasteiger partial charge in [0.05, 0.1) is 20.9 Å². The number of carbonyl (C=O) groups excluding carboxylic acids is 1. The highest BCUT2D eigenvalue weighted by molar-refractivity contribution is 7.92. The molecule has 42 heavy (non-hydrogen) atoms. The van der Waals surface area contributed by atoms with Crippen molar-refractivity contribution >= 4 is 55.5 Å². The largest absolute Gasteiger partial charge is 0.307 e. The van der Waals surface area contributed by atoms with Crippen molar-refractivity contribution in [3.05, 3.63) is 101 Å². The smallest absolute Gasteiger partial charge is 0.270 e. The summed E-state index contributed by atoms with van der Waals surface area (Å²) in [5.41, 5.74) is 2.11. The van der Waals surface area contributed by atoms with E-state index in [9.17, 15) is 23.3 Å². The summed E-state index contributed by atoms with van der Waals surface area (Å²) in [5, 5.41) is 14.0. The molecule has 0 unspecified atom stereocenters. The van der Waals surface area contributed by atoms with E-state index < -0.39 is 20.7 Å². The van der Waals surface area contributed by atoms with Crippen LogP contribution in [0.25, 0.3) is 28.3 Å². The van der Waals surface area contributed by atoms with Crippen LogP contribution in [0.15, 0.2) is 94.7 Å². The second-order valence-corrected chi connectivity index (χ2v) is 12.1. The molecule has 0 saturated heterocycles. The number of hydrogen-bond acceptors (Lipinski definition) is 7. The number of anilines is 1. The average Bonchev–Trinajstić information content (AvgIpc) is 3.32. The first-order valence-electron chi connectivity index (χ1n) is 13.7. The highest BCUT2D eigenvalue weighted by Gasteiger charge is 2.34. The number of carbonyl (C=O) groups is 1. The van der Waals surface area contributed by atoms with E-state index in [2.05, 4.69) is 5.32 Å². The fourth-order valence-corrected chi connectivity index (χ4v) is 7.04. The van der Waals surface area contributed by atoms with E-state index in [4.69, 9.17) is 9.97 Å². The number of para-hydroxylation sites is 2. The Morgan fingerprint density at radius 2 is 1.62 bits per heavy atom. The number of nitrogens with zero attached hydrogens (tertiary/aromatic N) is 4. The zero-order valence-corrected chi connectivity index (χ0v) is 23.3. The summed E-state index contributed by atoms with van der Waals surface area (Å²) in [5.74, 6) is -0.472. The zero-order valence-electron chi connectivity index (χ0n) is 22.5. The number of nitro groups is 1. The first-order valence-corrected chi connectivity index (χ1v) is 15.2. The molecule has 1 saturated carbocycles. The first-order chi connectivity index (χ1) is 20.3. The minimum Gasteiger partial charge on any atom is -0.307 e. The molecule has 5 aromatic rings. The predicted molar refractivity (Wildman–Crippen MR) is 160 cm³/mol. The van der Waals surface area contributed by atoms with Crippen LogP contribution >= 0.6 is 0 Å². The zero-order chi connectivity index (χ0) is 29.3. The Hall–Kier alpha value is -4.90. The molecule has 0 spiro atoms. The molecule has 11 heteroatoms. The number of aromatic nitrogens is 3. The third-order valence-electron chi connectivity index (χ3n) is 7.46. The van der Waals surface area contributed by atoms with Crippen molar-refractivity contribution in [2.24, 2.45) is 0 Å². The molecular weight excluding hydrogens is 554 g/mol. The maximum atomic E-state index is 14.2. The molecule has 0 radical (unpaired) electrons. The Kier molecular flexibility index (Phi) is 7.26. The average molecular weight is 582 g/mol. The molecule has 1 amide bonds. The van der Waals surface area contributed by atoms with E-state index in [-0.39, 0.29) is 32.9 Å². The van der Waals surface area contributed by atoms with E-state index in [1.807, 2.05) is 22.8 Å². The van der Waals surface area contributed by atoms with Crippen LogP contribution in [0.4, 0.5) is 11.5 Å². The second kappa shape index (κ2) is 11.2. The Morgan fingerprint density at radius 3 is 2.33 bits per heavy atom. The summed E-state index contributed by atoms with van der Waals surface area (Å²) in [6.45, 7) is 0. The van der Waals surface area contributed by atoms with Gasteiger partial charge >= 0.3 is 0 Å². The minimum atomic E-state index is -4.15. The molecule has 10 nitrogen and oxygen atoms in total. The van der Waals surface area contributed by atoms with Gasteiger partial charge in [-0.2, -0.15) is 0 Å². The van der Waals surface area contributed by atoms with Gasteiger partial charge in [0.15, 0.2) is 5.65 Å². The summed E-state index contributed by atoms with van der Waals surface area (Å²) in [7, 11) is -4.15. The summed E-state index contributed by atoms with van der Waals surface area (Å²) in [4.78, 5) is 33.7. The van der Waals surface area contributed by atoms with Crippen LogP contribution in [0.3, 0.4) is 0 Å². The van der Waals surface area contributed by atoms with Gasteiger partial charge in [-0.15, -0.1) is 0 Å². The Labute approximate surface area is 241 Å². The van der Waals surface area contributed by atoms with E-state index in [0.717, 1.165) is 32.1 Å². The van der Waals surface area contributed by atoms with E-state index in [1.165, 1.54) is 42.5 Å². The van der Waals surface area contributed by atoms with Crippen molar-refractivity contribution in [3.63, 3.8) is 0 Å². The van der Waals surface area contributed by atoms with Gasteiger partial charge in [-0.25, -0.2) is 18.4 Å². The lowest BCUT2D eigenvalue weighted by atomic mass is 9.95. The van der Waals surface area contributed by atoms with Gasteiger partial charge in [0, 0.05) is 24.3 Å². The van der Waals surface area contributed by atoms with Crippen molar-refractivity contribution in [2.75, 3.05) is 5.32 Å². The number of amides is 1. The highest BCUT2D eigenvalue weighted by atomic mass is 32.2. The van der Waals surface area contributed by atoms with Gasteiger partial charge in [-0.3, -0.25) is 14.9 Å². The van der Waals surface area contributed by atoms with Crippen LogP contribution in [0, 0.1) is 10.1 Å². The molecule has 3 aromatic carbocycles. The molecule has 2 aromatic heterocycles. The van der Waals surface area contributed by atoms with E-state index in [0.29, 0.717) is 22.2 Å². The van der Waals surface area contributed by atoms with Gasteiger partial charge < -0.3 is 9.88 Å². The standard InChI is InChI=1S/C31H27N5O5S/c37-27(19-18-21-10-9-13-23(20-21)36(38)39)34-31-29(42(40,41)24-14-5-2-6-15-24)28-30(35(31)22-11-3-1-4-12-22)33-26-17-8-7-16-25(26)32-28/h2,5-10,13-20,22H,1,3-4,11-12H2,(H,34,37). The maximum Gasteiger partial charge on any atom is 0.270 e. The number of rotatable bonds is 7. The van der Waals surface area contributed by atoms with Crippen molar-refractivity contribution in [1.82, 2.24) is 14.5 Å². The molecular formula is C31H27N5O5S. The van der Waals surface area contributed by atoms with Crippen molar-refractivity contribution < 1.29 is 18.1 Å². The molecule has 6 rings (SSSR count). The molecule has 0 bridgehead atoms. The molecule has 1 aliphatic rings. The van der Waals surface area contributed by atoms with Crippen LogP contribution in [-0.4, -0.2) is 33.8 Å². The maximum absolute atomic E-state index is 14.2. The topological polar surface area (TPSA) is 137 Å². The number of sulfone groups is 1. The monoisotopic (exact) mass is 581 g/mol. The summed E-state index contributed by atoms with van der Waals surface area (Å²) >= 11 is 0. The van der Waals surface area contributed by atoms with Crippen LogP contribution in [0.1, 0.15) is 43.7 Å². The Balaban J connectivity index is 1.55. The molecule has 1 aliphatic carbocycles. The van der Waals surface area contributed by atoms with Gasteiger partial charge in [0.2, 0.25) is 15.7 Å². The third-order valence-corrected chi connectivity index (χ3v) is 9.28. The molecule has 0 atom stereocenters. The predicted octanol–water partition coefficient (Wildman–Crippen LogP) is 6.48. The normalized spacial score (nSPS) is 14.5. The molecule has 1 fully saturated rings. The summed E-state index contributed by atoms with van der Waals surface area (Å²) < 4.78 is 30.3. The van der Waals surface area contributed by atoms with Gasteiger partial charge in [0.25, 0.3) is 5.69 Å². The van der Waals surface area contributed by atoms with E-state index in [1.54, 1.807) is 30.3 Å². The molecule has 2 heterocycles. The molecule has 212 valence electrons. The lowest BCUT2D eigenvalue weighted by molar-refractivity contribution is -0.384. The van der Waals surface area contributed by atoms with Gasteiger partial charge in [0.1, 0.15) is 16.2 Å². The fourth-order valence-electron chi connectivity index (χ4n) is 5.49. The Bertz CT molecular complexity index is 1960. The van der Waals surface area contributed by atoms with Gasteiger partial charge in [-0.05, 0) is 48.7 Å². The number of benzene rings is 3. The molecule has 1 N–H and O–H groups in total. The number of fused-ring (bicyclic) bond motifs is 2.